The van der Waals surface area contributed by atoms with Crippen molar-refractivity contribution in [1.82, 2.24) is 29.8 Å². The molecule has 0 saturated carbocycles. The minimum atomic E-state index is -4.62. The van der Waals surface area contributed by atoms with Crippen molar-refractivity contribution >= 4 is 23.3 Å². The molecular weight excluding hydrogens is 601 g/mol. The molecular formula is C32H35F3N8O3. The van der Waals surface area contributed by atoms with Crippen molar-refractivity contribution in [3.05, 3.63) is 83.3 Å². The van der Waals surface area contributed by atoms with Crippen LogP contribution in [0, 0.1) is 11.3 Å². The third-order valence-corrected chi connectivity index (χ3v) is 8.28. The summed E-state index contributed by atoms with van der Waals surface area (Å²) >= 11 is 0. The lowest BCUT2D eigenvalue weighted by atomic mass is 9.89. The smallest absolute Gasteiger partial charge is 0.356 e. The molecule has 1 fully saturated rings. The van der Waals surface area contributed by atoms with Crippen LogP contribution >= 0.6 is 0 Å². The van der Waals surface area contributed by atoms with E-state index >= 15 is 0 Å². The summed E-state index contributed by atoms with van der Waals surface area (Å²) in [4.78, 5) is 32.7. The Bertz CT molecular complexity index is 1690. The van der Waals surface area contributed by atoms with E-state index in [2.05, 4.69) is 16.5 Å². The second-order valence-electron chi connectivity index (χ2n) is 12.0. The Balaban J connectivity index is 1.51. The molecule has 0 radical (unpaired) electrons. The maximum absolute atomic E-state index is 14.1. The Morgan fingerprint density at radius 2 is 1.78 bits per heavy atom. The highest BCUT2D eigenvalue weighted by Crippen LogP contribution is 2.41. The van der Waals surface area contributed by atoms with Gasteiger partial charge in [-0.15, -0.1) is 0 Å². The molecule has 0 spiro atoms. The Hall–Kier alpha value is -4.87. The molecule has 3 amide bonds. The van der Waals surface area contributed by atoms with Crippen LogP contribution in [0.2, 0.25) is 0 Å². The van der Waals surface area contributed by atoms with Gasteiger partial charge in [0.2, 0.25) is 12.3 Å². The molecule has 0 bridgehead atoms. The van der Waals surface area contributed by atoms with Crippen LogP contribution in [-0.2, 0) is 11.0 Å². The minimum Gasteiger partial charge on any atom is -0.356 e. The number of benzene rings is 2. The molecule has 1 saturated heterocycles. The van der Waals surface area contributed by atoms with Gasteiger partial charge in [-0.25, -0.2) is 14.4 Å². The van der Waals surface area contributed by atoms with Crippen LogP contribution in [0.1, 0.15) is 43.5 Å². The molecule has 2 aliphatic rings. The van der Waals surface area contributed by atoms with Gasteiger partial charge in [0.25, 0.3) is 0 Å². The lowest BCUT2D eigenvalue weighted by Crippen LogP contribution is -2.58. The number of hydrogen-bond acceptors (Lipinski definition) is 7. The van der Waals surface area contributed by atoms with E-state index in [1.807, 2.05) is 21.0 Å². The monoisotopic (exact) mass is 636 g/mol. The third-order valence-electron chi connectivity index (χ3n) is 8.28. The Kier molecular flexibility index (Phi) is 8.83. The number of likely N-dealkylation sites (tertiary alicyclic amines) is 1. The van der Waals surface area contributed by atoms with Gasteiger partial charge in [0.05, 0.1) is 47.0 Å². The summed E-state index contributed by atoms with van der Waals surface area (Å²) in [6, 6.07) is 14.1. The molecule has 3 heterocycles. The Labute approximate surface area is 264 Å². The lowest BCUT2D eigenvalue weighted by Gasteiger charge is -2.41. The number of carbonyl (C=O) groups excluding carboxylic acids is 2. The molecule has 1 atom stereocenters. The number of likely N-dealkylation sites (N-methyl/N-ethyl adjacent to an activating group) is 1. The predicted molar refractivity (Wildman–Crippen MR) is 164 cm³/mol. The zero-order valence-corrected chi connectivity index (χ0v) is 25.9. The van der Waals surface area contributed by atoms with Crippen LogP contribution in [0.3, 0.4) is 0 Å². The first kappa shape index (κ1) is 32.5. The third kappa shape index (κ3) is 6.42. The minimum absolute atomic E-state index is 0.0121. The maximum atomic E-state index is 14.1. The van der Waals surface area contributed by atoms with Gasteiger partial charge in [-0.05, 0) is 89.3 Å². The molecule has 1 aromatic heterocycles. The Morgan fingerprint density at radius 1 is 1.11 bits per heavy atom. The molecule has 242 valence electrons. The van der Waals surface area contributed by atoms with Crippen molar-refractivity contribution in [3.63, 3.8) is 0 Å². The second kappa shape index (κ2) is 12.5. The van der Waals surface area contributed by atoms with E-state index in [9.17, 15) is 33.1 Å². The molecule has 14 heteroatoms. The van der Waals surface area contributed by atoms with E-state index < -0.39 is 29.7 Å². The summed E-state index contributed by atoms with van der Waals surface area (Å²) in [5, 5.41) is 28.4. The van der Waals surface area contributed by atoms with Crippen molar-refractivity contribution in [2.45, 2.75) is 44.8 Å². The number of hydrogen-bond donors (Lipinski definition) is 2. The van der Waals surface area contributed by atoms with E-state index in [1.54, 1.807) is 47.1 Å². The number of nitrogens with zero attached hydrogens (tertiary/aromatic N) is 7. The first-order chi connectivity index (χ1) is 21.7. The van der Waals surface area contributed by atoms with E-state index in [0.717, 1.165) is 17.0 Å². The van der Waals surface area contributed by atoms with Gasteiger partial charge < -0.3 is 20.2 Å². The van der Waals surface area contributed by atoms with Crippen LogP contribution in [0.25, 0.3) is 11.4 Å². The topological polar surface area (TPSA) is 121 Å². The predicted octanol–water partition coefficient (Wildman–Crippen LogP) is 4.20. The molecule has 2 aliphatic heterocycles. The number of nitriles is 1. The first-order valence-corrected chi connectivity index (χ1v) is 14.7. The fraction of sp³-hybridized carbons (Fsp3) is 0.375. The Morgan fingerprint density at radius 3 is 2.39 bits per heavy atom. The van der Waals surface area contributed by atoms with Crippen LogP contribution in [0.5, 0.6) is 0 Å². The van der Waals surface area contributed by atoms with Gasteiger partial charge in [0.15, 0.2) is 0 Å². The largest absolute Gasteiger partial charge is 0.416 e. The number of anilines is 1. The van der Waals surface area contributed by atoms with E-state index in [4.69, 9.17) is 0 Å². The summed E-state index contributed by atoms with van der Waals surface area (Å²) in [6.45, 7) is 4.60. The molecule has 0 aliphatic carbocycles. The summed E-state index contributed by atoms with van der Waals surface area (Å²) in [7, 11) is 3.63. The molecule has 1 unspecified atom stereocenters. The molecule has 2 aromatic carbocycles. The van der Waals surface area contributed by atoms with E-state index in [-0.39, 0.29) is 23.8 Å². The van der Waals surface area contributed by atoms with Crippen LogP contribution in [0.4, 0.5) is 23.7 Å². The average molecular weight is 637 g/mol. The number of carbonyl (C=O) groups is 2. The summed E-state index contributed by atoms with van der Waals surface area (Å²) in [5.74, 6) is -0.0121. The van der Waals surface area contributed by atoms with E-state index in [0.29, 0.717) is 48.6 Å². The SMILES string of the molecule is CC1=C(c2ccnn2-c2ccc(C#N)cc2)N(C(=O)NC2(C)CCN(C(=O)CN(C)C)CC2)C(O)N1c1cccc(C(F)(F)F)c1. The van der Waals surface area contributed by atoms with Gasteiger partial charge in [0.1, 0.15) is 0 Å². The van der Waals surface area contributed by atoms with Crippen LogP contribution < -0.4 is 10.2 Å². The highest BCUT2D eigenvalue weighted by molar-refractivity contribution is 5.91. The van der Waals surface area contributed by atoms with E-state index in [1.165, 1.54) is 27.9 Å². The number of rotatable bonds is 6. The number of nitrogens with one attached hydrogen (secondary N) is 1. The summed E-state index contributed by atoms with van der Waals surface area (Å²) in [5.41, 5.74) is 0.327. The number of aliphatic hydroxyl groups is 1. The average Bonchev–Trinajstić information content (AvgIpc) is 3.58. The molecule has 3 aromatic rings. The van der Waals surface area contributed by atoms with Crippen molar-refractivity contribution in [2.24, 2.45) is 0 Å². The number of amides is 3. The molecule has 2 N–H and O–H groups in total. The highest BCUT2D eigenvalue weighted by Gasteiger charge is 2.44. The number of halogens is 3. The molecule has 11 nitrogen and oxygen atoms in total. The van der Waals surface area contributed by atoms with Crippen LogP contribution in [0.15, 0.2) is 66.5 Å². The number of urea groups is 1. The summed E-state index contributed by atoms with van der Waals surface area (Å²) in [6.07, 6.45) is -3.90. The lowest BCUT2D eigenvalue weighted by molar-refractivity contribution is -0.137. The van der Waals surface area contributed by atoms with Crippen molar-refractivity contribution in [1.29, 1.82) is 5.26 Å². The standard InChI is InChI=1S/C32H35F3N8O3/c1-21-28(26-12-15-37-43(26)24-10-8-22(19-36)9-11-24)42(30(46)41(21)25-7-5-6-23(18-25)32(33,34)35)29(45)38-31(2)13-16-40(17-14-31)27(44)20-39(3)4/h5-12,15,18,30,46H,13-14,16-17,20H2,1-4H3,(H,38,45). The van der Waals surface area contributed by atoms with Gasteiger partial charge >= 0.3 is 12.2 Å². The molecule has 5 rings (SSSR count). The normalized spacial score (nSPS) is 18.3. The number of piperidine rings is 1. The zero-order valence-electron chi connectivity index (χ0n) is 25.9. The maximum Gasteiger partial charge on any atom is 0.416 e. The zero-order chi connectivity index (χ0) is 33.4. The number of allylic oxidation sites excluding steroid dienone is 1. The van der Waals surface area contributed by atoms with Gasteiger partial charge in [-0.1, -0.05) is 6.07 Å². The number of alkyl halides is 3. The second-order valence-corrected chi connectivity index (χ2v) is 12.0. The number of aliphatic hydroxyl groups excluding tert-OH is 1. The van der Waals surface area contributed by atoms with Crippen molar-refractivity contribution in [2.75, 3.05) is 38.6 Å². The summed E-state index contributed by atoms with van der Waals surface area (Å²) < 4.78 is 42.5. The van der Waals surface area contributed by atoms with Gasteiger partial charge in [-0.3, -0.25) is 9.69 Å². The van der Waals surface area contributed by atoms with Crippen molar-refractivity contribution in [3.8, 4) is 11.8 Å². The quantitative estimate of drug-likeness (QED) is 0.416. The van der Waals surface area contributed by atoms with Crippen LogP contribution in [-0.4, -0.2) is 87.1 Å². The highest BCUT2D eigenvalue weighted by atomic mass is 19.4. The van der Waals surface area contributed by atoms with Crippen molar-refractivity contribution < 1.29 is 27.9 Å². The first-order valence-electron chi connectivity index (χ1n) is 14.7. The molecule has 46 heavy (non-hydrogen) atoms. The fourth-order valence-electron chi connectivity index (χ4n) is 5.80. The number of aromatic nitrogens is 2. The fourth-order valence-corrected chi connectivity index (χ4v) is 5.80. The van der Waals surface area contributed by atoms with Gasteiger partial charge in [0, 0.05) is 30.0 Å². The van der Waals surface area contributed by atoms with Gasteiger partial charge in [-0.2, -0.15) is 23.5 Å².